The Bertz CT molecular complexity index is 1600. The minimum Gasteiger partial charge on any atom is -0.370 e. The quantitative estimate of drug-likeness (QED) is 0.444. The van der Waals surface area contributed by atoms with Crippen LogP contribution in [0.1, 0.15) is 48.9 Å². The van der Waals surface area contributed by atoms with Gasteiger partial charge in [-0.2, -0.15) is 4.31 Å². The number of nitrogens with one attached hydrogen (secondary N) is 1. The summed E-state index contributed by atoms with van der Waals surface area (Å²) in [6, 6.07) is 18.8. The molecule has 1 aliphatic carbocycles. The average molecular weight is 575 g/mol. The zero-order chi connectivity index (χ0) is 29.3. The second-order valence-electron chi connectivity index (χ2n) is 10.7. The van der Waals surface area contributed by atoms with Gasteiger partial charge in [0.1, 0.15) is 6.04 Å². The van der Waals surface area contributed by atoms with Gasteiger partial charge in [-0.25, -0.2) is 8.42 Å². The van der Waals surface area contributed by atoms with Crippen LogP contribution in [-0.4, -0.2) is 54.5 Å². The van der Waals surface area contributed by atoms with Gasteiger partial charge >= 0.3 is 0 Å². The highest BCUT2D eigenvalue weighted by Crippen LogP contribution is 2.39. The number of nitrogens with zero attached hydrogens (tertiary/aromatic N) is 2. The van der Waals surface area contributed by atoms with E-state index in [1.807, 2.05) is 43.3 Å². The van der Waals surface area contributed by atoms with E-state index in [4.69, 9.17) is 5.73 Å². The molecule has 0 bridgehead atoms. The molecule has 0 aromatic heterocycles. The Morgan fingerprint density at radius 1 is 1.00 bits per heavy atom. The maximum Gasteiger partial charge on any atom is 0.243 e. The highest BCUT2D eigenvalue weighted by molar-refractivity contribution is 7.89. The number of hydrogen-bond acceptors (Lipinski definition) is 5. The van der Waals surface area contributed by atoms with Crippen molar-refractivity contribution in [2.75, 3.05) is 18.4 Å². The first-order valence-corrected chi connectivity index (χ1v) is 15.2. The standard InChI is InChI=1S/C31H34N4O5S/c1-20-9-12-26(13-10-20)41(39,40)35-16-15-34(31(38)29(35)19-30(32)37)28-8-4-6-24-17-23(11-14-27(24)28)22-5-3-7-25(18-22)33-21(2)36/h3,5,7,9-14,17-18,28-29H,4,6,8,15-16,19H2,1-2H3,(H2,32,37)(H,33,36)/t28-,29?/m1/s1. The van der Waals surface area contributed by atoms with Gasteiger partial charge in [0.05, 0.1) is 17.4 Å². The number of nitrogens with two attached hydrogens (primary N) is 1. The fourth-order valence-electron chi connectivity index (χ4n) is 5.88. The number of anilines is 1. The van der Waals surface area contributed by atoms with Crippen molar-refractivity contribution in [3.05, 3.63) is 83.4 Å². The Morgan fingerprint density at radius 3 is 2.44 bits per heavy atom. The average Bonchev–Trinajstić information content (AvgIpc) is 2.93. The van der Waals surface area contributed by atoms with Gasteiger partial charge in [0.2, 0.25) is 27.7 Å². The molecule has 3 N–H and O–H groups in total. The van der Waals surface area contributed by atoms with Crippen LogP contribution in [0.5, 0.6) is 0 Å². The molecule has 41 heavy (non-hydrogen) atoms. The number of hydrogen-bond donors (Lipinski definition) is 2. The third kappa shape index (κ3) is 5.89. The summed E-state index contributed by atoms with van der Waals surface area (Å²) in [4.78, 5) is 39.2. The highest BCUT2D eigenvalue weighted by Gasteiger charge is 2.45. The van der Waals surface area contributed by atoms with Gasteiger partial charge in [0.25, 0.3) is 0 Å². The Hall–Kier alpha value is -4.02. The van der Waals surface area contributed by atoms with Gasteiger partial charge < -0.3 is 16.0 Å². The molecule has 2 aliphatic rings. The number of benzene rings is 3. The molecule has 1 heterocycles. The number of amides is 3. The molecule has 5 rings (SSSR count). The van der Waals surface area contributed by atoms with Crippen molar-refractivity contribution in [3.63, 3.8) is 0 Å². The van der Waals surface area contributed by atoms with E-state index in [1.165, 1.54) is 19.1 Å². The second-order valence-corrected chi connectivity index (χ2v) is 12.6. The maximum atomic E-state index is 13.9. The first-order valence-electron chi connectivity index (χ1n) is 13.7. The van der Waals surface area contributed by atoms with E-state index < -0.39 is 27.9 Å². The van der Waals surface area contributed by atoms with Crippen LogP contribution in [0.3, 0.4) is 0 Å². The smallest absolute Gasteiger partial charge is 0.243 e. The predicted molar refractivity (Wildman–Crippen MR) is 156 cm³/mol. The van der Waals surface area contributed by atoms with Crippen LogP contribution in [-0.2, 0) is 30.8 Å². The molecule has 3 aromatic carbocycles. The molecule has 1 aliphatic heterocycles. The summed E-state index contributed by atoms with van der Waals surface area (Å²) in [6.45, 7) is 3.62. The van der Waals surface area contributed by atoms with Crippen molar-refractivity contribution in [1.82, 2.24) is 9.21 Å². The SMILES string of the molecule is CC(=O)Nc1cccc(-c2ccc3c(c2)CCC[C@H]3N2CCN(S(=O)(=O)c3ccc(C)cc3)C(CC(N)=O)C2=O)c1. The maximum absolute atomic E-state index is 13.9. The summed E-state index contributed by atoms with van der Waals surface area (Å²) in [5, 5.41) is 2.81. The lowest BCUT2D eigenvalue weighted by Gasteiger charge is -2.44. The number of primary amides is 1. The number of sulfonamides is 1. The van der Waals surface area contributed by atoms with Crippen LogP contribution >= 0.6 is 0 Å². The van der Waals surface area contributed by atoms with Crippen LogP contribution in [0.4, 0.5) is 5.69 Å². The topological polar surface area (TPSA) is 130 Å². The zero-order valence-corrected chi connectivity index (χ0v) is 24.0. The lowest BCUT2D eigenvalue weighted by molar-refractivity contribution is -0.144. The van der Waals surface area contributed by atoms with E-state index in [2.05, 4.69) is 11.4 Å². The lowest BCUT2D eigenvalue weighted by atomic mass is 9.84. The molecule has 3 amide bonds. The summed E-state index contributed by atoms with van der Waals surface area (Å²) in [5.41, 5.74) is 11.3. The van der Waals surface area contributed by atoms with Crippen molar-refractivity contribution in [2.45, 2.75) is 56.5 Å². The number of fused-ring (bicyclic) bond motifs is 1. The number of rotatable bonds is 7. The van der Waals surface area contributed by atoms with Gasteiger partial charge in [-0.15, -0.1) is 0 Å². The van der Waals surface area contributed by atoms with E-state index in [0.717, 1.165) is 57.1 Å². The zero-order valence-electron chi connectivity index (χ0n) is 23.2. The van der Waals surface area contributed by atoms with Crippen molar-refractivity contribution in [1.29, 1.82) is 0 Å². The van der Waals surface area contributed by atoms with Crippen LogP contribution in [0.2, 0.25) is 0 Å². The molecule has 2 atom stereocenters. The van der Waals surface area contributed by atoms with Crippen molar-refractivity contribution < 1.29 is 22.8 Å². The molecular formula is C31H34N4O5S. The number of carbonyl (C=O) groups excluding carboxylic acids is 3. The molecule has 1 saturated heterocycles. The van der Waals surface area contributed by atoms with Crippen LogP contribution < -0.4 is 11.1 Å². The Kier molecular flexibility index (Phi) is 7.97. The summed E-state index contributed by atoms with van der Waals surface area (Å²) >= 11 is 0. The Labute approximate surface area is 240 Å². The first-order chi connectivity index (χ1) is 19.5. The first kappa shape index (κ1) is 28.5. The number of piperazine rings is 1. The summed E-state index contributed by atoms with van der Waals surface area (Å²) in [7, 11) is -4.02. The molecule has 10 heteroatoms. The fourth-order valence-corrected chi connectivity index (χ4v) is 7.45. The van der Waals surface area contributed by atoms with Gasteiger partial charge in [0, 0.05) is 25.7 Å². The fraction of sp³-hybridized carbons (Fsp3) is 0.323. The normalized spacial score (nSPS) is 19.5. The molecule has 214 valence electrons. The van der Waals surface area contributed by atoms with Gasteiger partial charge in [-0.05, 0) is 72.7 Å². The third-order valence-corrected chi connectivity index (χ3v) is 9.74. The van der Waals surface area contributed by atoms with E-state index in [9.17, 15) is 22.8 Å². The van der Waals surface area contributed by atoms with Crippen LogP contribution in [0, 0.1) is 6.92 Å². The third-order valence-electron chi connectivity index (χ3n) is 7.82. The Balaban J connectivity index is 1.43. The van der Waals surface area contributed by atoms with Gasteiger partial charge in [0.15, 0.2) is 0 Å². The van der Waals surface area contributed by atoms with E-state index in [1.54, 1.807) is 17.0 Å². The van der Waals surface area contributed by atoms with Crippen LogP contribution in [0.25, 0.3) is 11.1 Å². The monoisotopic (exact) mass is 574 g/mol. The second kappa shape index (κ2) is 11.5. The molecule has 9 nitrogen and oxygen atoms in total. The number of carbonyl (C=O) groups is 3. The largest absolute Gasteiger partial charge is 0.370 e. The molecule has 3 aromatic rings. The lowest BCUT2D eigenvalue weighted by Crippen LogP contribution is -2.60. The van der Waals surface area contributed by atoms with E-state index in [0.29, 0.717) is 0 Å². The summed E-state index contributed by atoms with van der Waals surface area (Å²) in [6.07, 6.45) is 2.07. The van der Waals surface area contributed by atoms with Gasteiger partial charge in [-0.1, -0.05) is 48.0 Å². The molecule has 0 spiro atoms. The molecule has 1 unspecified atom stereocenters. The van der Waals surface area contributed by atoms with Crippen molar-refractivity contribution in [3.8, 4) is 11.1 Å². The van der Waals surface area contributed by atoms with Gasteiger partial charge in [-0.3, -0.25) is 14.4 Å². The summed E-state index contributed by atoms with van der Waals surface area (Å²) < 4.78 is 28.2. The van der Waals surface area contributed by atoms with Crippen molar-refractivity contribution >= 4 is 33.4 Å². The van der Waals surface area contributed by atoms with E-state index >= 15 is 0 Å². The van der Waals surface area contributed by atoms with Crippen LogP contribution in [0.15, 0.2) is 71.6 Å². The predicted octanol–water partition coefficient (Wildman–Crippen LogP) is 3.77. The Morgan fingerprint density at radius 2 is 1.73 bits per heavy atom. The minimum atomic E-state index is -4.02. The summed E-state index contributed by atoms with van der Waals surface area (Å²) in [5.74, 6) is -1.28. The molecule has 1 fully saturated rings. The molecular weight excluding hydrogens is 540 g/mol. The van der Waals surface area contributed by atoms with E-state index in [-0.39, 0.29) is 36.4 Å². The molecule has 0 radical (unpaired) electrons. The van der Waals surface area contributed by atoms with Crippen molar-refractivity contribution in [2.24, 2.45) is 5.73 Å². The molecule has 0 saturated carbocycles. The number of aryl methyl sites for hydroxylation is 2. The highest BCUT2D eigenvalue weighted by atomic mass is 32.2. The minimum absolute atomic E-state index is 0.0692.